The van der Waals surface area contributed by atoms with Crippen LogP contribution in [-0.2, 0) is 11.3 Å². The van der Waals surface area contributed by atoms with Crippen LogP contribution in [0.5, 0.6) is 5.88 Å². The standard InChI is InChI=1S/C34H33Cl2N3O5/c1-2-42-31-23-15-20(3-4-22(23)16-27(38-31)32(40)41)7-8-33-9-12-34(13-10-33,14-11-33)43-19-24-29(39-44-30(24)21-5-6-21)28-25(35)17-37-18-26(28)36/h3-4,7-8,15-18,21H,2,5-6,9-14,19H2,1H3,(H,40,41). The number of benzene rings is 1. The molecule has 228 valence electrons. The van der Waals surface area contributed by atoms with E-state index in [0.29, 0.717) is 46.3 Å². The number of hydrogen-bond donors (Lipinski definition) is 1. The fraction of sp³-hybridized carbons (Fsp3) is 0.412. The van der Waals surface area contributed by atoms with Gasteiger partial charge in [-0.3, -0.25) is 4.98 Å². The normalized spacial score (nSPS) is 23.1. The van der Waals surface area contributed by atoms with Gasteiger partial charge in [0.25, 0.3) is 0 Å². The lowest BCUT2D eigenvalue weighted by molar-refractivity contribution is -0.133. The minimum atomic E-state index is -1.07. The number of allylic oxidation sites excluding steroid dienone is 1. The molecule has 1 N–H and O–H groups in total. The van der Waals surface area contributed by atoms with Gasteiger partial charge in [-0.05, 0) is 86.8 Å². The zero-order valence-electron chi connectivity index (χ0n) is 24.4. The summed E-state index contributed by atoms with van der Waals surface area (Å²) < 4.78 is 18.3. The summed E-state index contributed by atoms with van der Waals surface area (Å²) in [6.07, 6.45) is 16.0. The largest absolute Gasteiger partial charge is 0.478 e. The van der Waals surface area contributed by atoms with Gasteiger partial charge in [0.05, 0.1) is 28.9 Å². The molecule has 0 atom stereocenters. The second kappa shape index (κ2) is 11.5. The highest BCUT2D eigenvalue weighted by atomic mass is 35.5. The van der Waals surface area contributed by atoms with Crippen molar-refractivity contribution in [3.63, 3.8) is 0 Å². The third-order valence-electron chi connectivity index (χ3n) is 9.57. The molecule has 1 aromatic carbocycles. The van der Waals surface area contributed by atoms with Crippen molar-refractivity contribution in [1.82, 2.24) is 15.1 Å². The average Bonchev–Trinajstić information content (AvgIpc) is 3.80. The molecule has 0 aliphatic heterocycles. The fourth-order valence-electron chi connectivity index (χ4n) is 6.80. The molecule has 3 aromatic heterocycles. The summed E-state index contributed by atoms with van der Waals surface area (Å²) in [6.45, 7) is 2.69. The Kier molecular flexibility index (Phi) is 7.63. The highest BCUT2D eigenvalue weighted by Crippen LogP contribution is 2.55. The predicted octanol–water partition coefficient (Wildman–Crippen LogP) is 8.89. The van der Waals surface area contributed by atoms with E-state index in [2.05, 4.69) is 27.3 Å². The SMILES string of the molecule is CCOc1nc(C(=O)O)cc2ccc(C=CC34CCC(OCc5c(-c6c(Cl)cncc6Cl)noc5C5CC5)(CC3)CC4)cc12. The van der Waals surface area contributed by atoms with Crippen LogP contribution in [0.1, 0.15) is 91.6 Å². The van der Waals surface area contributed by atoms with Gasteiger partial charge in [-0.1, -0.05) is 52.6 Å². The van der Waals surface area contributed by atoms with Crippen LogP contribution < -0.4 is 4.74 Å². The van der Waals surface area contributed by atoms with Crippen molar-refractivity contribution < 1.29 is 23.9 Å². The maximum absolute atomic E-state index is 11.5. The summed E-state index contributed by atoms with van der Waals surface area (Å²) >= 11 is 13.0. The van der Waals surface area contributed by atoms with Crippen molar-refractivity contribution in [3.8, 4) is 17.1 Å². The van der Waals surface area contributed by atoms with E-state index in [1.165, 1.54) is 0 Å². The van der Waals surface area contributed by atoms with Crippen LogP contribution in [0.4, 0.5) is 0 Å². The quantitative estimate of drug-likeness (QED) is 0.184. The Labute approximate surface area is 265 Å². The van der Waals surface area contributed by atoms with E-state index in [-0.39, 0.29) is 16.7 Å². The molecule has 0 amide bonds. The maximum Gasteiger partial charge on any atom is 0.354 e. The van der Waals surface area contributed by atoms with Gasteiger partial charge in [-0.2, -0.15) is 0 Å². The number of nitrogens with zero attached hydrogens (tertiary/aromatic N) is 3. The van der Waals surface area contributed by atoms with Crippen LogP contribution in [0, 0.1) is 5.41 Å². The maximum atomic E-state index is 11.5. The monoisotopic (exact) mass is 633 g/mol. The van der Waals surface area contributed by atoms with Gasteiger partial charge in [0.15, 0.2) is 5.69 Å². The van der Waals surface area contributed by atoms with Crippen molar-refractivity contribution in [2.75, 3.05) is 6.61 Å². The van der Waals surface area contributed by atoms with Crippen molar-refractivity contribution in [2.45, 2.75) is 76.4 Å². The van der Waals surface area contributed by atoms with Gasteiger partial charge in [-0.15, -0.1) is 0 Å². The molecular weight excluding hydrogens is 601 g/mol. The van der Waals surface area contributed by atoms with Crippen molar-refractivity contribution in [3.05, 3.63) is 75.4 Å². The number of carboxylic acids is 1. The lowest BCUT2D eigenvalue weighted by Gasteiger charge is -2.52. The molecule has 0 radical (unpaired) electrons. The first-order valence-electron chi connectivity index (χ1n) is 15.2. The molecular formula is C34H33Cl2N3O5. The lowest BCUT2D eigenvalue weighted by Crippen LogP contribution is -2.46. The van der Waals surface area contributed by atoms with E-state index in [1.54, 1.807) is 18.5 Å². The molecule has 0 unspecified atom stereocenters. The third-order valence-corrected chi connectivity index (χ3v) is 10.1. The van der Waals surface area contributed by atoms with Crippen molar-refractivity contribution in [2.24, 2.45) is 5.41 Å². The minimum Gasteiger partial charge on any atom is -0.478 e. The highest BCUT2D eigenvalue weighted by Gasteiger charge is 2.48. The zero-order valence-corrected chi connectivity index (χ0v) is 26.0. The highest BCUT2D eigenvalue weighted by molar-refractivity contribution is 6.38. The fourth-order valence-corrected chi connectivity index (χ4v) is 7.34. The van der Waals surface area contributed by atoms with Crippen LogP contribution in [0.2, 0.25) is 10.0 Å². The van der Waals surface area contributed by atoms with Crippen LogP contribution >= 0.6 is 23.2 Å². The molecule has 4 saturated carbocycles. The van der Waals surface area contributed by atoms with E-state index in [9.17, 15) is 9.90 Å². The second-order valence-corrected chi connectivity index (χ2v) is 13.1. The summed E-state index contributed by atoms with van der Waals surface area (Å²) in [5.41, 5.74) is 3.23. The van der Waals surface area contributed by atoms with Gasteiger partial charge < -0.3 is 19.1 Å². The van der Waals surface area contributed by atoms with Gasteiger partial charge in [0, 0.05) is 34.8 Å². The van der Waals surface area contributed by atoms with Crippen LogP contribution in [-0.4, -0.2) is 38.4 Å². The number of aromatic nitrogens is 3. The summed E-state index contributed by atoms with van der Waals surface area (Å²) in [7, 11) is 0. The molecule has 8 rings (SSSR count). The van der Waals surface area contributed by atoms with Crippen LogP contribution in [0.15, 0.2) is 47.3 Å². The van der Waals surface area contributed by atoms with Crippen molar-refractivity contribution in [1.29, 1.82) is 0 Å². The lowest BCUT2D eigenvalue weighted by atomic mass is 9.58. The molecule has 2 bridgehead atoms. The van der Waals surface area contributed by atoms with E-state index >= 15 is 0 Å². The predicted molar refractivity (Wildman–Crippen MR) is 168 cm³/mol. The molecule has 8 nitrogen and oxygen atoms in total. The number of ether oxygens (including phenoxy) is 2. The molecule has 4 aliphatic rings. The number of fused-ring (bicyclic) bond motifs is 4. The molecule has 10 heteroatoms. The summed E-state index contributed by atoms with van der Waals surface area (Å²) in [4.78, 5) is 19.8. The molecule has 4 fully saturated rings. The summed E-state index contributed by atoms with van der Waals surface area (Å²) in [5, 5.41) is 16.3. The smallest absolute Gasteiger partial charge is 0.354 e. The van der Waals surface area contributed by atoms with E-state index in [1.807, 2.05) is 25.1 Å². The molecule has 0 spiro atoms. The van der Waals surface area contributed by atoms with Crippen molar-refractivity contribution >= 4 is 46.0 Å². The van der Waals surface area contributed by atoms with Gasteiger partial charge in [0.1, 0.15) is 11.5 Å². The number of pyridine rings is 2. The number of hydrogen-bond acceptors (Lipinski definition) is 7. The molecule has 4 aromatic rings. The molecule has 4 aliphatic carbocycles. The second-order valence-electron chi connectivity index (χ2n) is 12.3. The number of aromatic carboxylic acids is 1. The Morgan fingerprint density at radius 3 is 2.48 bits per heavy atom. The van der Waals surface area contributed by atoms with Gasteiger partial charge >= 0.3 is 5.97 Å². The van der Waals surface area contributed by atoms with E-state index in [4.69, 9.17) is 37.2 Å². The van der Waals surface area contributed by atoms with Gasteiger partial charge in [0.2, 0.25) is 5.88 Å². The first-order valence-corrected chi connectivity index (χ1v) is 16.0. The number of rotatable bonds is 10. The summed E-state index contributed by atoms with van der Waals surface area (Å²) in [6, 6.07) is 7.57. The minimum absolute atomic E-state index is 0.0211. The van der Waals surface area contributed by atoms with E-state index < -0.39 is 5.97 Å². The van der Waals surface area contributed by atoms with E-state index in [0.717, 1.165) is 79.0 Å². The Hall–Kier alpha value is -3.46. The first-order chi connectivity index (χ1) is 21.3. The third kappa shape index (κ3) is 5.48. The Morgan fingerprint density at radius 1 is 1.09 bits per heavy atom. The number of carboxylic acid groups (broad SMARTS) is 1. The molecule has 0 saturated heterocycles. The summed E-state index contributed by atoms with van der Waals surface area (Å²) in [5.74, 6) is 0.541. The van der Waals surface area contributed by atoms with Crippen LogP contribution in [0.25, 0.3) is 28.1 Å². The molecule has 3 heterocycles. The first kappa shape index (κ1) is 29.3. The zero-order chi connectivity index (χ0) is 30.5. The Morgan fingerprint density at radius 2 is 1.82 bits per heavy atom. The number of halogens is 2. The average molecular weight is 635 g/mol. The Balaban J connectivity index is 1.07. The Bertz CT molecular complexity index is 1740. The van der Waals surface area contributed by atoms with Gasteiger partial charge in [-0.25, -0.2) is 9.78 Å². The topological polar surface area (TPSA) is 108 Å². The number of carbonyl (C=O) groups is 1. The molecule has 44 heavy (non-hydrogen) atoms. The van der Waals surface area contributed by atoms with Crippen LogP contribution in [0.3, 0.4) is 0 Å².